The van der Waals surface area contributed by atoms with Crippen molar-refractivity contribution in [3.63, 3.8) is 0 Å². The lowest BCUT2D eigenvalue weighted by atomic mass is 10.1. The minimum absolute atomic E-state index is 0.296. The van der Waals surface area contributed by atoms with Crippen molar-refractivity contribution in [2.45, 2.75) is 168 Å². The number of hydrogen-bond donors (Lipinski definition) is 1. The van der Waals surface area contributed by atoms with Gasteiger partial charge in [-0.05, 0) is 90.1 Å². The van der Waals surface area contributed by atoms with Crippen LogP contribution in [0.2, 0.25) is 0 Å². The molecule has 0 atom stereocenters. The predicted octanol–water partition coefficient (Wildman–Crippen LogP) is 11.9. The summed E-state index contributed by atoms with van der Waals surface area (Å²) in [5.41, 5.74) is 0. The lowest BCUT2D eigenvalue weighted by molar-refractivity contribution is 0.190. The van der Waals surface area contributed by atoms with Crippen molar-refractivity contribution in [1.82, 2.24) is 4.90 Å². The van der Waals surface area contributed by atoms with E-state index in [1.54, 1.807) is 0 Å². The molecular weight excluding hydrogens is 486 g/mol. The molecule has 0 fully saturated rings. The Hall–Kier alpha value is -1.12. The van der Waals surface area contributed by atoms with E-state index < -0.39 is 0 Å². The first kappa shape index (κ1) is 38.9. The van der Waals surface area contributed by atoms with Gasteiger partial charge in [-0.15, -0.1) is 0 Å². The maximum Gasteiger partial charge on any atom is 0.0558 e. The van der Waals surface area contributed by atoms with Crippen molar-refractivity contribution in [3.8, 4) is 0 Å². The maximum absolute atomic E-state index is 9.45. The quantitative estimate of drug-likeness (QED) is 0.0656. The van der Waals surface area contributed by atoms with E-state index in [1.165, 1.54) is 141 Å². The van der Waals surface area contributed by atoms with E-state index in [1.807, 2.05) is 0 Å². The van der Waals surface area contributed by atoms with Gasteiger partial charge >= 0.3 is 0 Å². The Bertz CT molecular complexity index is 528. The summed E-state index contributed by atoms with van der Waals surface area (Å²) in [4.78, 5) is 2.49. The standard InChI is InChI=1S/C38H71NO/c1-3-5-7-9-11-13-15-17-19-21-23-25-27-29-31-33-35-39(37-38-40)36-34-32-30-28-26-24-22-20-18-16-14-12-10-8-6-4-2/h11-14,17-20,40H,3-10,15-16,21-38H2,1-2H3/b13-11+,14-12+,19-17+,20-18+. The first-order valence-corrected chi connectivity index (χ1v) is 17.8. The highest BCUT2D eigenvalue weighted by Gasteiger charge is 2.04. The van der Waals surface area contributed by atoms with Gasteiger partial charge in [-0.2, -0.15) is 0 Å². The SMILES string of the molecule is CCCCC/C=C/C/C=C/CCCCCCCCN(CCO)CCCCCCCC/C=C/C/C=C/CCCCC. The predicted molar refractivity (Wildman–Crippen MR) is 182 cm³/mol. The Morgan fingerprint density at radius 3 is 1.05 bits per heavy atom. The van der Waals surface area contributed by atoms with E-state index in [0.29, 0.717) is 6.61 Å². The van der Waals surface area contributed by atoms with Gasteiger partial charge in [-0.3, -0.25) is 0 Å². The number of nitrogens with zero attached hydrogens (tertiary/aromatic N) is 1. The number of aliphatic hydroxyl groups excluding tert-OH is 1. The molecule has 0 heterocycles. The van der Waals surface area contributed by atoms with Gasteiger partial charge in [0.15, 0.2) is 0 Å². The lowest BCUT2D eigenvalue weighted by Crippen LogP contribution is -2.29. The summed E-state index contributed by atoms with van der Waals surface area (Å²) in [5.74, 6) is 0. The average molecular weight is 558 g/mol. The average Bonchev–Trinajstić information content (AvgIpc) is 2.96. The Morgan fingerprint density at radius 1 is 0.375 bits per heavy atom. The molecule has 0 aromatic carbocycles. The molecule has 0 aliphatic carbocycles. The monoisotopic (exact) mass is 558 g/mol. The second kappa shape index (κ2) is 35.9. The van der Waals surface area contributed by atoms with Gasteiger partial charge in [0.1, 0.15) is 0 Å². The molecule has 40 heavy (non-hydrogen) atoms. The molecule has 234 valence electrons. The Labute approximate surface area is 252 Å². The van der Waals surface area contributed by atoms with Crippen LogP contribution < -0.4 is 0 Å². The Balaban J connectivity index is 3.51. The van der Waals surface area contributed by atoms with Crippen LogP contribution in [0.25, 0.3) is 0 Å². The smallest absolute Gasteiger partial charge is 0.0558 e. The molecule has 2 heteroatoms. The first-order valence-electron chi connectivity index (χ1n) is 17.8. The van der Waals surface area contributed by atoms with Crippen LogP contribution in [0.15, 0.2) is 48.6 Å². The molecule has 0 aliphatic rings. The van der Waals surface area contributed by atoms with Gasteiger partial charge in [-0.25, -0.2) is 0 Å². The summed E-state index contributed by atoms with van der Waals surface area (Å²) in [6.45, 7) is 8.00. The van der Waals surface area contributed by atoms with Gasteiger partial charge in [0.25, 0.3) is 0 Å². The van der Waals surface area contributed by atoms with Crippen molar-refractivity contribution in [3.05, 3.63) is 48.6 Å². The fourth-order valence-electron chi connectivity index (χ4n) is 5.12. The van der Waals surface area contributed by atoms with Gasteiger partial charge in [0.05, 0.1) is 6.61 Å². The summed E-state index contributed by atoms with van der Waals surface area (Å²) in [6.07, 6.45) is 50.1. The largest absolute Gasteiger partial charge is 0.395 e. The van der Waals surface area contributed by atoms with E-state index in [2.05, 4.69) is 67.4 Å². The van der Waals surface area contributed by atoms with Crippen LogP contribution >= 0.6 is 0 Å². The van der Waals surface area contributed by atoms with Gasteiger partial charge in [0.2, 0.25) is 0 Å². The summed E-state index contributed by atoms with van der Waals surface area (Å²) in [7, 11) is 0. The van der Waals surface area contributed by atoms with Crippen molar-refractivity contribution < 1.29 is 5.11 Å². The second-order valence-corrected chi connectivity index (χ2v) is 11.7. The first-order chi connectivity index (χ1) is 19.8. The minimum atomic E-state index is 0.296. The zero-order valence-electron chi connectivity index (χ0n) is 27.3. The van der Waals surface area contributed by atoms with Crippen molar-refractivity contribution in [2.75, 3.05) is 26.2 Å². The normalized spacial score (nSPS) is 12.5. The molecule has 0 unspecified atom stereocenters. The number of allylic oxidation sites excluding steroid dienone is 8. The van der Waals surface area contributed by atoms with E-state index in [4.69, 9.17) is 0 Å². The zero-order chi connectivity index (χ0) is 29.0. The highest BCUT2D eigenvalue weighted by molar-refractivity contribution is 4.93. The maximum atomic E-state index is 9.45. The Morgan fingerprint density at radius 2 is 0.700 bits per heavy atom. The zero-order valence-corrected chi connectivity index (χ0v) is 27.3. The molecule has 0 saturated heterocycles. The van der Waals surface area contributed by atoms with Crippen molar-refractivity contribution >= 4 is 0 Å². The van der Waals surface area contributed by atoms with Crippen LogP contribution in [0.3, 0.4) is 0 Å². The molecule has 0 bridgehead atoms. The van der Waals surface area contributed by atoms with Crippen LogP contribution in [-0.4, -0.2) is 36.2 Å². The molecule has 0 aliphatic heterocycles. The van der Waals surface area contributed by atoms with Crippen LogP contribution in [0.4, 0.5) is 0 Å². The third kappa shape index (κ3) is 33.1. The summed E-state index contributed by atoms with van der Waals surface area (Å²) in [6, 6.07) is 0. The highest BCUT2D eigenvalue weighted by atomic mass is 16.3. The van der Waals surface area contributed by atoms with Gasteiger partial charge in [-0.1, -0.05) is 140 Å². The number of aliphatic hydroxyl groups is 1. The van der Waals surface area contributed by atoms with Crippen LogP contribution in [0.5, 0.6) is 0 Å². The molecule has 2 nitrogen and oxygen atoms in total. The number of rotatable bonds is 32. The van der Waals surface area contributed by atoms with Gasteiger partial charge < -0.3 is 10.0 Å². The summed E-state index contributed by atoms with van der Waals surface area (Å²) < 4.78 is 0. The Kier molecular flexibility index (Phi) is 34.9. The summed E-state index contributed by atoms with van der Waals surface area (Å²) >= 11 is 0. The molecule has 0 saturated carbocycles. The van der Waals surface area contributed by atoms with Crippen molar-refractivity contribution in [2.24, 2.45) is 0 Å². The summed E-state index contributed by atoms with van der Waals surface area (Å²) in [5, 5.41) is 9.45. The van der Waals surface area contributed by atoms with Gasteiger partial charge in [0, 0.05) is 6.54 Å². The molecule has 0 amide bonds. The topological polar surface area (TPSA) is 23.5 Å². The third-order valence-electron chi connectivity index (χ3n) is 7.77. The van der Waals surface area contributed by atoms with E-state index in [-0.39, 0.29) is 0 Å². The van der Waals surface area contributed by atoms with E-state index in [0.717, 1.165) is 32.5 Å². The van der Waals surface area contributed by atoms with Crippen LogP contribution in [0.1, 0.15) is 168 Å². The molecule has 0 rings (SSSR count). The number of unbranched alkanes of at least 4 members (excludes halogenated alkanes) is 18. The second-order valence-electron chi connectivity index (χ2n) is 11.7. The number of hydrogen-bond acceptors (Lipinski definition) is 2. The molecule has 0 spiro atoms. The fourth-order valence-corrected chi connectivity index (χ4v) is 5.12. The molecule has 0 aromatic heterocycles. The molecular formula is C38H71NO. The van der Waals surface area contributed by atoms with Crippen molar-refractivity contribution in [1.29, 1.82) is 0 Å². The van der Waals surface area contributed by atoms with Crippen LogP contribution in [0, 0.1) is 0 Å². The fraction of sp³-hybridized carbons (Fsp3) is 0.789. The van der Waals surface area contributed by atoms with E-state index >= 15 is 0 Å². The molecule has 0 radical (unpaired) electrons. The third-order valence-corrected chi connectivity index (χ3v) is 7.77. The van der Waals surface area contributed by atoms with Crippen LogP contribution in [-0.2, 0) is 0 Å². The minimum Gasteiger partial charge on any atom is -0.395 e. The molecule has 1 N–H and O–H groups in total. The highest BCUT2D eigenvalue weighted by Crippen LogP contribution is 2.11. The lowest BCUT2D eigenvalue weighted by Gasteiger charge is -2.21. The van der Waals surface area contributed by atoms with E-state index in [9.17, 15) is 5.11 Å². The molecule has 0 aromatic rings.